The van der Waals surface area contributed by atoms with Crippen LogP contribution in [-0.4, -0.2) is 44.1 Å². The molecular formula is C25H27ClN6O3. The fourth-order valence-electron chi connectivity index (χ4n) is 4.04. The van der Waals surface area contributed by atoms with Crippen LogP contribution in [0.2, 0.25) is 5.02 Å². The van der Waals surface area contributed by atoms with Gasteiger partial charge in [-0.05, 0) is 43.0 Å². The Morgan fingerprint density at radius 1 is 1.09 bits per heavy atom. The van der Waals surface area contributed by atoms with Crippen LogP contribution in [0.15, 0.2) is 65.9 Å². The van der Waals surface area contributed by atoms with Crippen molar-refractivity contribution in [3.05, 3.63) is 87.8 Å². The fraction of sp³-hybridized carbons (Fsp3) is 0.320. The first-order valence-corrected chi connectivity index (χ1v) is 11.9. The summed E-state index contributed by atoms with van der Waals surface area (Å²) in [6, 6.07) is 15.7. The largest absolute Gasteiger partial charge is 0.457 e. The van der Waals surface area contributed by atoms with Crippen LogP contribution < -0.4 is 5.32 Å². The van der Waals surface area contributed by atoms with E-state index in [1.54, 1.807) is 36.1 Å². The van der Waals surface area contributed by atoms with Crippen molar-refractivity contribution in [2.75, 3.05) is 6.54 Å². The third-order valence-corrected chi connectivity index (χ3v) is 6.16. The number of hydrogen-bond acceptors (Lipinski definition) is 6. The number of hydrogen-bond donors (Lipinski definition) is 2. The highest BCUT2D eigenvalue weighted by Crippen LogP contribution is 2.32. The molecule has 1 atom stereocenters. The summed E-state index contributed by atoms with van der Waals surface area (Å²) in [4.78, 5) is 27.9. The van der Waals surface area contributed by atoms with E-state index in [1.165, 1.54) is 0 Å². The predicted octanol–water partition coefficient (Wildman–Crippen LogP) is 4.35. The lowest BCUT2D eigenvalue weighted by Crippen LogP contribution is -2.48. The van der Waals surface area contributed by atoms with Gasteiger partial charge in [0.25, 0.3) is 0 Å². The SMILES string of the molecule is CC1=C(C(=O)OCc2ccccc2)C(c2ccc(Cl)cc2)NC(=O)N1CCCCCc1nn[nH]n1. The van der Waals surface area contributed by atoms with E-state index in [-0.39, 0.29) is 12.6 Å². The number of nitrogens with one attached hydrogen (secondary N) is 2. The number of aromatic amines is 1. The zero-order valence-corrected chi connectivity index (χ0v) is 20.2. The summed E-state index contributed by atoms with van der Waals surface area (Å²) >= 11 is 6.05. The molecule has 10 heteroatoms. The number of urea groups is 1. The van der Waals surface area contributed by atoms with E-state index in [9.17, 15) is 9.59 Å². The summed E-state index contributed by atoms with van der Waals surface area (Å²) in [6.45, 7) is 2.42. The Morgan fingerprint density at radius 3 is 2.57 bits per heavy atom. The van der Waals surface area contributed by atoms with Gasteiger partial charge in [0, 0.05) is 23.7 Å². The molecule has 2 aromatic carbocycles. The van der Waals surface area contributed by atoms with Gasteiger partial charge in [-0.25, -0.2) is 9.59 Å². The number of benzene rings is 2. The van der Waals surface area contributed by atoms with E-state index < -0.39 is 12.0 Å². The van der Waals surface area contributed by atoms with Gasteiger partial charge in [0.2, 0.25) is 0 Å². The van der Waals surface area contributed by atoms with Crippen molar-refractivity contribution >= 4 is 23.6 Å². The Bertz CT molecular complexity index is 1170. The Labute approximate surface area is 208 Å². The van der Waals surface area contributed by atoms with Crippen molar-refractivity contribution in [1.29, 1.82) is 0 Å². The van der Waals surface area contributed by atoms with Gasteiger partial charge in [0.05, 0.1) is 11.6 Å². The minimum atomic E-state index is -0.627. The molecule has 9 nitrogen and oxygen atoms in total. The van der Waals surface area contributed by atoms with Crippen LogP contribution in [-0.2, 0) is 22.6 Å². The quantitative estimate of drug-likeness (QED) is 0.320. The number of rotatable bonds is 10. The Hall–Kier alpha value is -3.72. The van der Waals surface area contributed by atoms with Crippen molar-refractivity contribution in [1.82, 2.24) is 30.8 Å². The summed E-state index contributed by atoms with van der Waals surface area (Å²) in [5, 5.41) is 17.5. The van der Waals surface area contributed by atoms with Crippen molar-refractivity contribution in [2.24, 2.45) is 0 Å². The highest BCUT2D eigenvalue weighted by Gasteiger charge is 2.36. The number of aromatic nitrogens is 4. The molecule has 0 saturated heterocycles. The highest BCUT2D eigenvalue weighted by atomic mass is 35.5. The number of tetrazole rings is 1. The molecular weight excluding hydrogens is 468 g/mol. The van der Waals surface area contributed by atoms with E-state index in [4.69, 9.17) is 16.3 Å². The third-order valence-electron chi connectivity index (χ3n) is 5.90. The van der Waals surface area contributed by atoms with E-state index >= 15 is 0 Å². The van der Waals surface area contributed by atoms with Gasteiger partial charge in [0.15, 0.2) is 5.82 Å². The zero-order chi connectivity index (χ0) is 24.6. The molecule has 1 aromatic heterocycles. The van der Waals surface area contributed by atoms with Crippen molar-refractivity contribution in [3.8, 4) is 0 Å². The van der Waals surface area contributed by atoms with Crippen LogP contribution in [0, 0.1) is 0 Å². The number of carbonyl (C=O) groups is 2. The molecule has 3 aromatic rings. The van der Waals surface area contributed by atoms with Crippen molar-refractivity contribution in [2.45, 2.75) is 45.3 Å². The van der Waals surface area contributed by atoms with E-state index in [2.05, 4.69) is 25.9 Å². The van der Waals surface area contributed by atoms with Crippen molar-refractivity contribution in [3.63, 3.8) is 0 Å². The van der Waals surface area contributed by atoms with E-state index in [0.717, 1.165) is 30.4 Å². The van der Waals surface area contributed by atoms with Crippen LogP contribution in [0.5, 0.6) is 0 Å². The summed E-state index contributed by atoms with van der Waals surface area (Å²) in [7, 11) is 0. The second-order valence-electron chi connectivity index (χ2n) is 8.29. The Kier molecular flexibility index (Phi) is 8.10. The third kappa shape index (κ3) is 6.24. The summed E-state index contributed by atoms with van der Waals surface area (Å²) < 4.78 is 5.66. The maximum absolute atomic E-state index is 13.3. The maximum Gasteiger partial charge on any atom is 0.338 e. The molecule has 35 heavy (non-hydrogen) atoms. The van der Waals surface area contributed by atoms with Crippen LogP contribution in [0.25, 0.3) is 0 Å². The number of ether oxygens (including phenoxy) is 1. The van der Waals surface area contributed by atoms with Gasteiger partial charge < -0.3 is 10.1 Å². The van der Waals surface area contributed by atoms with Gasteiger partial charge >= 0.3 is 12.0 Å². The number of unbranched alkanes of at least 4 members (excludes halogenated alkanes) is 2. The Morgan fingerprint density at radius 2 is 1.86 bits per heavy atom. The molecule has 2 N–H and O–H groups in total. The predicted molar refractivity (Wildman–Crippen MR) is 130 cm³/mol. The maximum atomic E-state index is 13.3. The van der Waals surface area contributed by atoms with Crippen LogP contribution in [0.4, 0.5) is 4.79 Å². The van der Waals surface area contributed by atoms with Crippen molar-refractivity contribution < 1.29 is 14.3 Å². The summed E-state index contributed by atoms with van der Waals surface area (Å²) in [6.07, 6.45) is 3.23. The zero-order valence-electron chi connectivity index (χ0n) is 19.4. The minimum Gasteiger partial charge on any atom is -0.457 e. The van der Waals surface area contributed by atoms with Crippen LogP contribution >= 0.6 is 11.6 Å². The molecule has 1 unspecified atom stereocenters. The number of H-pyrrole nitrogens is 1. The second kappa shape index (κ2) is 11.6. The highest BCUT2D eigenvalue weighted by molar-refractivity contribution is 6.30. The smallest absolute Gasteiger partial charge is 0.338 e. The van der Waals surface area contributed by atoms with Gasteiger partial charge in [-0.1, -0.05) is 65.7 Å². The first-order valence-electron chi connectivity index (χ1n) is 11.5. The lowest BCUT2D eigenvalue weighted by molar-refractivity contribution is -0.141. The van der Waals surface area contributed by atoms with Crippen LogP contribution in [0.1, 0.15) is 49.2 Å². The molecule has 1 aliphatic heterocycles. The molecule has 0 radical (unpaired) electrons. The van der Waals surface area contributed by atoms with E-state index in [0.29, 0.717) is 35.1 Å². The summed E-state index contributed by atoms with van der Waals surface area (Å²) in [5.41, 5.74) is 2.65. The number of esters is 1. The molecule has 1 aliphatic rings. The number of amides is 2. The minimum absolute atomic E-state index is 0.147. The van der Waals surface area contributed by atoms with Crippen LogP contribution in [0.3, 0.4) is 0 Å². The molecule has 4 rings (SSSR count). The van der Waals surface area contributed by atoms with E-state index in [1.807, 2.05) is 30.3 Å². The second-order valence-corrected chi connectivity index (χ2v) is 8.72. The summed E-state index contributed by atoms with van der Waals surface area (Å²) in [5.74, 6) is 0.208. The first kappa shape index (κ1) is 24.4. The van der Waals surface area contributed by atoms with Gasteiger partial charge in [-0.3, -0.25) is 4.90 Å². The molecule has 2 heterocycles. The fourth-order valence-corrected chi connectivity index (χ4v) is 4.17. The molecule has 0 aliphatic carbocycles. The number of carbonyl (C=O) groups excluding carboxylic acids is 2. The average molecular weight is 495 g/mol. The molecule has 0 saturated carbocycles. The number of allylic oxidation sites excluding steroid dienone is 1. The topological polar surface area (TPSA) is 113 Å². The first-order chi connectivity index (χ1) is 17.0. The Balaban J connectivity index is 1.49. The average Bonchev–Trinajstić information content (AvgIpc) is 3.38. The normalized spacial score (nSPS) is 15.8. The number of nitrogens with zero attached hydrogens (tertiary/aromatic N) is 4. The van der Waals surface area contributed by atoms with Gasteiger partial charge in [-0.15, -0.1) is 10.2 Å². The molecule has 182 valence electrons. The molecule has 2 amide bonds. The standard InChI is InChI=1S/C25H27ClN6O3/c1-17-22(24(33)35-16-18-8-4-2-5-9-18)23(19-11-13-20(26)14-12-19)27-25(34)32(17)15-7-3-6-10-21-28-30-31-29-21/h2,4-5,8-9,11-14,23H,3,6-7,10,15-16H2,1H3,(H,27,34)(H,28,29,30,31). The molecule has 0 spiro atoms. The lowest BCUT2D eigenvalue weighted by atomic mass is 9.94. The lowest BCUT2D eigenvalue weighted by Gasteiger charge is -2.35. The van der Waals surface area contributed by atoms with Gasteiger partial charge in [0.1, 0.15) is 6.61 Å². The molecule has 0 fully saturated rings. The van der Waals surface area contributed by atoms with Gasteiger partial charge in [-0.2, -0.15) is 5.21 Å². The number of halogens is 1. The number of aryl methyl sites for hydroxylation is 1. The monoisotopic (exact) mass is 494 g/mol. The molecule has 0 bridgehead atoms.